The van der Waals surface area contributed by atoms with Crippen LogP contribution in [0.1, 0.15) is 5.56 Å². The van der Waals surface area contributed by atoms with E-state index >= 15 is 0 Å². The Labute approximate surface area is 113 Å². The van der Waals surface area contributed by atoms with E-state index in [2.05, 4.69) is 9.97 Å². The second kappa shape index (κ2) is 5.62. The van der Waals surface area contributed by atoms with Crippen LogP contribution < -0.4 is 10.5 Å². The van der Waals surface area contributed by atoms with Crippen molar-refractivity contribution >= 4 is 11.6 Å². The Morgan fingerprint density at radius 2 is 2.10 bits per heavy atom. The number of rotatable bonds is 4. The fourth-order valence-corrected chi connectivity index (χ4v) is 1.45. The van der Waals surface area contributed by atoms with E-state index < -0.39 is 4.92 Å². The topological polar surface area (TPSA) is 128 Å². The Bertz CT molecular complexity index is 678. The molecule has 0 amide bonds. The Hall–Kier alpha value is -3.21. The van der Waals surface area contributed by atoms with Crippen LogP contribution in [0.4, 0.5) is 11.6 Å². The summed E-state index contributed by atoms with van der Waals surface area (Å²) in [5, 5.41) is 19.4. The van der Waals surface area contributed by atoms with Gasteiger partial charge in [-0.25, -0.2) is 4.98 Å². The molecule has 20 heavy (non-hydrogen) atoms. The van der Waals surface area contributed by atoms with Crippen molar-refractivity contribution in [1.82, 2.24) is 9.97 Å². The maximum atomic E-state index is 10.8. The molecule has 0 aliphatic heterocycles. The molecule has 0 unspecified atom stereocenters. The number of nitriles is 1. The van der Waals surface area contributed by atoms with Crippen LogP contribution in [0.15, 0.2) is 30.5 Å². The minimum absolute atomic E-state index is 0.119. The zero-order valence-electron chi connectivity index (χ0n) is 10.2. The van der Waals surface area contributed by atoms with Crippen molar-refractivity contribution in [2.75, 3.05) is 5.73 Å². The number of nitrogens with zero attached hydrogens (tertiary/aromatic N) is 4. The van der Waals surface area contributed by atoms with Crippen LogP contribution in [0.2, 0.25) is 0 Å². The van der Waals surface area contributed by atoms with Crippen LogP contribution in [0.25, 0.3) is 0 Å². The summed E-state index contributed by atoms with van der Waals surface area (Å²) in [6, 6.07) is 8.58. The number of nitrogen functional groups attached to an aromatic ring is 1. The summed E-state index contributed by atoms with van der Waals surface area (Å²) >= 11 is 0. The van der Waals surface area contributed by atoms with E-state index in [9.17, 15) is 10.1 Å². The van der Waals surface area contributed by atoms with Gasteiger partial charge in [-0.1, -0.05) is 12.1 Å². The molecule has 2 rings (SSSR count). The third-order valence-electron chi connectivity index (χ3n) is 2.37. The predicted molar refractivity (Wildman–Crippen MR) is 68.9 cm³/mol. The highest BCUT2D eigenvalue weighted by Crippen LogP contribution is 2.28. The maximum absolute atomic E-state index is 10.8. The Kier molecular flexibility index (Phi) is 3.72. The van der Waals surface area contributed by atoms with Crippen molar-refractivity contribution in [2.24, 2.45) is 0 Å². The molecule has 100 valence electrons. The van der Waals surface area contributed by atoms with Crippen LogP contribution in [0.3, 0.4) is 0 Å². The highest BCUT2D eigenvalue weighted by Gasteiger charge is 2.19. The first-order valence-electron chi connectivity index (χ1n) is 5.51. The molecule has 0 radical (unpaired) electrons. The number of aromatic nitrogens is 2. The first-order valence-corrected chi connectivity index (χ1v) is 5.51. The number of ether oxygens (including phenoxy) is 1. The summed E-state index contributed by atoms with van der Waals surface area (Å²) in [6.45, 7) is 0. The molecular formula is C12H9N5O3. The number of hydrogen-bond acceptors (Lipinski definition) is 7. The highest BCUT2D eigenvalue weighted by molar-refractivity contribution is 5.44. The first-order chi connectivity index (χ1) is 9.60. The largest absolute Gasteiger partial charge is 0.434 e. The van der Waals surface area contributed by atoms with Crippen LogP contribution in [-0.4, -0.2) is 14.9 Å². The summed E-state index contributed by atoms with van der Waals surface area (Å²) in [5.74, 6) is 0.00937. The number of anilines is 1. The van der Waals surface area contributed by atoms with E-state index in [0.29, 0.717) is 5.75 Å². The van der Waals surface area contributed by atoms with E-state index in [4.69, 9.17) is 15.7 Å². The van der Waals surface area contributed by atoms with E-state index in [1.54, 1.807) is 24.3 Å². The molecule has 0 spiro atoms. The van der Waals surface area contributed by atoms with Crippen molar-refractivity contribution in [3.8, 4) is 17.7 Å². The van der Waals surface area contributed by atoms with Crippen LogP contribution in [0, 0.1) is 21.4 Å². The lowest BCUT2D eigenvalue weighted by Gasteiger charge is -2.05. The maximum Gasteiger partial charge on any atom is 0.349 e. The van der Waals surface area contributed by atoms with Crippen molar-refractivity contribution < 1.29 is 9.66 Å². The molecule has 0 saturated carbocycles. The van der Waals surface area contributed by atoms with Gasteiger partial charge in [-0.3, -0.25) is 10.1 Å². The minimum atomic E-state index is -0.654. The third-order valence-corrected chi connectivity index (χ3v) is 2.37. The van der Waals surface area contributed by atoms with Crippen molar-refractivity contribution in [3.63, 3.8) is 0 Å². The molecule has 0 aliphatic rings. The van der Waals surface area contributed by atoms with Crippen LogP contribution in [0.5, 0.6) is 11.6 Å². The Morgan fingerprint density at radius 3 is 2.70 bits per heavy atom. The van der Waals surface area contributed by atoms with Crippen LogP contribution in [-0.2, 0) is 6.42 Å². The normalized spacial score (nSPS) is 9.75. The lowest BCUT2D eigenvalue weighted by molar-refractivity contribution is -0.386. The predicted octanol–water partition coefficient (Wildman–Crippen LogP) is 1.83. The monoisotopic (exact) mass is 271 g/mol. The van der Waals surface area contributed by atoms with E-state index in [-0.39, 0.29) is 23.9 Å². The van der Waals surface area contributed by atoms with Gasteiger partial charge in [0.2, 0.25) is 5.95 Å². The summed E-state index contributed by atoms with van der Waals surface area (Å²) < 4.78 is 5.33. The van der Waals surface area contributed by atoms with Crippen molar-refractivity contribution in [2.45, 2.75) is 6.42 Å². The molecule has 1 aromatic carbocycles. The Balaban J connectivity index is 2.27. The lowest BCUT2D eigenvalue weighted by atomic mass is 10.2. The molecule has 8 nitrogen and oxygen atoms in total. The average molecular weight is 271 g/mol. The standard InChI is InChI=1S/C12H9N5O3/c13-6-5-8-1-3-9(4-2-8)20-11-10(17(18)19)7-15-12(14)16-11/h1-4,7H,5H2,(H2,14,15,16). The zero-order chi connectivity index (χ0) is 14.5. The minimum Gasteiger partial charge on any atom is -0.434 e. The second-order valence-electron chi connectivity index (χ2n) is 3.76. The molecule has 1 heterocycles. The highest BCUT2D eigenvalue weighted by atomic mass is 16.6. The van der Waals surface area contributed by atoms with Gasteiger partial charge in [-0.2, -0.15) is 10.2 Å². The lowest BCUT2D eigenvalue weighted by Crippen LogP contribution is -2.01. The van der Waals surface area contributed by atoms with Gasteiger partial charge in [0.25, 0.3) is 0 Å². The van der Waals surface area contributed by atoms with Gasteiger partial charge < -0.3 is 10.5 Å². The molecule has 2 N–H and O–H groups in total. The quantitative estimate of drug-likeness (QED) is 0.663. The van der Waals surface area contributed by atoms with Crippen molar-refractivity contribution in [3.05, 3.63) is 46.1 Å². The number of nitrogens with two attached hydrogens (primary N) is 1. The van der Waals surface area contributed by atoms with Gasteiger partial charge in [-0.15, -0.1) is 0 Å². The molecule has 0 bridgehead atoms. The molecule has 2 aromatic rings. The number of benzene rings is 1. The molecule has 0 atom stereocenters. The van der Waals surface area contributed by atoms with E-state index in [1.807, 2.05) is 6.07 Å². The van der Waals surface area contributed by atoms with Gasteiger partial charge in [0, 0.05) is 0 Å². The molecule has 8 heteroatoms. The van der Waals surface area contributed by atoms with Crippen molar-refractivity contribution in [1.29, 1.82) is 5.26 Å². The van der Waals surface area contributed by atoms with E-state index in [1.165, 1.54) is 0 Å². The summed E-state index contributed by atoms with van der Waals surface area (Å²) in [7, 11) is 0. The van der Waals surface area contributed by atoms with Gasteiger partial charge >= 0.3 is 11.6 Å². The third kappa shape index (κ3) is 2.97. The van der Waals surface area contributed by atoms with Gasteiger partial charge in [0.05, 0.1) is 17.4 Å². The molecule has 1 aromatic heterocycles. The second-order valence-corrected chi connectivity index (χ2v) is 3.76. The summed E-state index contributed by atoms with van der Waals surface area (Å²) in [6.07, 6.45) is 1.27. The average Bonchev–Trinajstić information content (AvgIpc) is 2.41. The fraction of sp³-hybridized carbons (Fsp3) is 0.0833. The van der Waals surface area contributed by atoms with Gasteiger partial charge in [0.15, 0.2) is 0 Å². The SMILES string of the molecule is N#CCc1ccc(Oc2nc(N)ncc2[N+](=O)[O-])cc1. The zero-order valence-corrected chi connectivity index (χ0v) is 10.2. The smallest absolute Gasteiger partial charge is 0.349 e. The molecular weight excluding hydrogens is 262 g/mol. The number of nitro groups is 1. The Morgan fingerprint density at radius 1 is 1.40 bits per heavy atom. The van der Waals surface area contributed by atoms with Gasteiger partial charge in [0.1, 0.15) is 11.9 Å². The van der Waals surface area contributed by atoms with Gasteiger partial charge in [-0.05, 0) is 17.7 Å². The first kappa shape index (κ1) is 13.2. The number of hydrogen-bond donors (Lipinski definition) is 1. The van der Waals surface area contributed by atoms with E-state index in [0.717, 1.165) is 11.8 Å². The molecule has 0 aliphatic carbocycles. The van der Waals surface area contributed by atoms with Crippen LogP contribution >= 0.6 is 0 Å². The molecule has 0 saturated heterocycles. The molecule has 0 fully saturated rings. The summed E-state index contributed by atoms with van der Waals surface area (Å²) in [5.41, 5.74) is 5.83. The fourth-order valence-electron chi connectivity index (χ4n) is 1.45. The summed E-state index contributed by atoms with van der Waals surface area (Å²) in [4.78, 5) is 17.4.